The molecule has 0 amide bonds. The lowest BCUT2D eigenvalue weighted by atomic mass is 9.82. The summed E-state index contributed by atoms with van der Waals surface area (Å²) in [5, 5.41) is 0. The van der Waals surface area contributed by atoms with Crippen molar-refractivity contribution in [1.29, 1.82) is 0 Å². The Morgan fingerprint density at radius 1 is 1.35 bits per heavy atom. The first kappa shape index (κ1) is 13.3. The first-order chi connectivity index (χ1) is 7.99. The summed E-state index contributed by atoms with van der Waals surface area (Å²) in [6, 6.07) is 0.312. The third kappa shape index (κ3) is 3.42. The Hall–Kier alpha value is -0.130. The normalized spacial score (nSPS) is 34.1. The molecule has 0 saturated heterocycles. The molecule has 4 atom stereocenters. The number of sulfone groups is 1. The van der Waals surface area contributed by atoms with Crippen molar-refractivity contribution in [3.05, 3.63) is 0 Å². The van der Waals surface area contributed by atoms with Crippen molar-refractivity contribution in [2.24, 2.45) is 23.6 Å². The molecule has 2 aliphatic rings. The zero-order valence-corrected chi connectivity index (χ0v) is 11.4. The second kappa shape index (κ2) is 5.24. The summed E-state index contributed by atoms with van der Waals surface area (Å²) in [5.74, 6) is 8.34. The highest BCUT2D eigenvalue weighted by Crippen LogP contribution is 2.49. The van der Waals surface area contributed by atoms with Gasteiger partial charge in [0, 0.05) is 18.1 Å². The lowest BCUT2D eigenvalue weighted by Gasteiger charge is -2.30. The maximum atomic E-state index is 11.1. The van der Waals surface area contributed by atoms with Gasteiger partial charge in [-0.05, 0) is 49.9 Å². The minimum Gasteiger partial charge on any atom is -0.271 e. The third-order valence-electron chi connectivity index (χ3n) is 4.55. The molecule has 3 N–H and O–H groups in total. The standard InChI is InChI=1S/C12H24N2O2S/c1-17(15,16)6-2-3-12(14-13)11-8-9-4-5-10(11)7-9/h9-12,14H,2-8,13H2,1H3. The van der Waals surface area contributed by atoms with Gasteiger partial charge in [0.1, 0.15) is 9.84 Å². The topological polar surface area (TPSA) is 72.2 Å². The predicted molar refractivity (Wildman–Crippen MR) is 69.0 cm³/mol. The Morgan fingerprint density at radius 3 is 2.59 bits per heavy atom. The molecule has 2 aliphatic carbocycles. The van der Waals surface area contributed by atoms with Crippen molar-refractivity contribution < 1.29 is 8.42 Å². The Labute approximate surface area is 104 Å². The lowest BCUT2D eigenvalue weighted by Crippen LogP contribution is -2.43. The average molecular weight is 260 g/mol. The van der Waals surface area contributed by atoms with Gasteiger partial charge in [-0.3, -0.25) is 11.3 Å². The van der Waals surface area contributed by atoms with Crippen molar-refractivity contribution in [2.45, 2.75) is 44.6 Å². The van der Waals surface area contributed by atoms with Crippen LogP contribution < -0.4 is 11.3 Å². The van der Waals surface area contributed by atoms with Crippen LogP contribution in [0.2, 0.25) is 0 Å². The van der Waals surface area contributed by atoms with Crippen LogP contribution in [0.15, 0.2) is 0 Å². The number of hydrazine groups is 1. The summed E-state index contributed by atoms with van der Waals surface area (Å²) in [7, 11) is -2.83. The van der Waals surface area contributed by atoms with Crippen LogP contribution >= 0.6 is 0 Å². The van der Waals surface area contributed by atoms with Crippen LogP contribution in [-0.4, -0.2) is 26.5 Å². The van der Waals surface area contributed by atoms with Gasteiger partial charge in [0.05, 0.1) is 0 Å². The molecule has 0 radical (unpaired) electrons. The molecular formula is C12H24N2O2S. The zero-order chi connectivity index (χ0) is 12.5. The number of fused-ring (bicyclic) bond motifs is 2. The number of rotatable bonds is 6. The highest BCUT2D eigenvalue weighted by Gasteiger charge is 2.42. The van der Waals surface area contributed by atoms with Crippen molar-refractivity contribution in [2.75, 3.05) is 12.0 Å². The minimum absolute atomic E-state index is 0.284. The molecule has 5 heteroatoms. The van der Waals surface area contributed by atoms with E-state index in [0.29, 0.717) is 12.0 Å². The highest BCUT2D eigenvalue weighted by molar-refractivity contribution is 7.90. The molecule has 0 aromatic rings. The quantitative estimate of drug-likeness (QED) is 0.554. The summed E-state index contributed by atoms with van der Waals surface area (Å²) in [4.78, 5) is 0. The Bertz CT molecular complexity index is 356. The van der Waals surface area contributed by atoms with Crippen LogP contribution in [0.4, 0.5) is 0 Å². The molecule has 2 fully saturated rings. The molecule has 4 unspecified atom stereocenters. The Kier molecular flexibility index (Phi) is 4.10. The molecule has 0 aromatic heterocycles. The van der Waals surface area contributed by atoms with Crippen molar-refractivity contribution in [1.82, 2.24) is 5.43 Å². The Balaban J connectivity index is 1.81. The van der Waals surface area contributed by atoms with Gasteiger partial charge in [-0.15, -0.1) is 0 Å². The van der Waals surface area contributed by atoms with E-state index in [-0.39, 0.29) is 5.75 Å². The molecule has 17 heavy (non-hydrogen) atoms. The van der Waals surface area contributed by atoms with Crippen molar-refractivity contribution in [3.8, 4) is 0 Å². The van der Waals surface area contributed by atoms with E-state index in [4.69, 9.17) is 5.84 Å². The fourth-order valence-corrected chi connectivity index (χ4v) is 4.46. The molecule has 2 rings (SSSR count). The van der Waals surface area contributed by atoms with Crippen LogP contribution in [0.25, 0.3) is 0 Å². The van der Waals surface area contributed by atoms with E-state index < -0.39 is 9.84 Å². The van der Waals surface area contributed by atoms with Crippen LogP contribution in [-0.2, 0) is 9.84 Å². The van der Waals surface area contributed by atoms with Gasteiger partial charge in [-0.25, -0.2) is 8.42 Å². The maximum Gasteiger partial charge on any atom is 0.147 e. The van der Waals surface area contributed by atoms with Gasteiger partial charge >= 0.3 is 0 Å². The van der Waals surface area contributed by atoms with E-state index in [0.717, 1.165) is 24.7 Å². The molecule has 2 bridgehead atoms. The van der Waals surface area contributed by atoms with E-state index in [1.807, 2.05) is 0 Å². The van der Waals surface area contributed by atoms with Crippen LogP contribution in [0, 0.1) is 17.8 Å². The largest absolute Gasteiger partial charge is 0.271 e. The zero-order valence-electron chi connectivity index (χ0n) is 10.6. The monoisotopic (exact) mass is 260 g/mol. The molecule has 0 aromatic carbocycles. The van der Waals surface area contributed by atoms with Crippen molar-refractivity contribution >= 4 is 9.84 Å². The molecule has 0 heterocycles. The molecule has 0 aliphatic heterocycles. The highest BCUT2D eigenvalue weighted by atomic mass is 32.2. The molecular weight excluding hydrogens is 236 g/mol. The first-order valence-corrected chi connectivity index (χ1v) is 8.69. The number of nitrogens with one attached hydrogen (secondary N) is 1. The summed E-state index contributed by atoms with van der Waals surface area (Å²) >= 11 is 0. The van der Waals surface area contributed by atoms with E-state index in [1.54, 1.807) is 0 Å². The molecule has 2 saturated carbocycles. The summed E-state index contributed by atoms with van der Waals surface area (Å²) in [5.41, 5.74) is 2.92. The second-order valence-corrected chi connectivity index (χ2v) is 8.14. The third-order valence-corrected chi connectivity index (χ3v) is 5.58. The summed E-state index contributed by atoms with van der Waals surface area (Å²) in [6.07, 6.45) is 8.31. The van der Waals surface area contributed by atoms with Gasteiger partial charge in [0.2, 0.25) is 0 Å². The number of nitrogens with two attached hydrogens (primary N) is 1. The molecule has 100 valence electrons. The van der Waals surface area contributed by atoms with Crippen LogP contribution in [0.3, 0.4) is 0 Å². The van der Waals surface area contributed by atoms with Gasteiger partial charge < -0.3 is 0 Å². The van der Waals surface area contributed by atoms with Gasteiger partial charge in [-0.2, -0.15) is 0 Å². The first-order valence-electron chi connectivity index (χ1n) is 6.63. The van der Waals surface area contributed by atoms with Crippen LogP contribution in [0.5, 0.6) is 0 Å². The summed E-state index contributed by atoms with van der Waals surface area (Å²) in [6.45, 7) is 0. The second-order valence-electron chi connectivity index (χ2n) is 5.88. The van der Waals surface area contributed by atoms with Gasteiger partial charge in [-0.1, -0.05) is 6.42 Å². The molecule has 0 spiro atoms. The number of hydrogen-bond acceptors (Lipinski definition) is 4. The van der Waals surface area contributed by atoms with E-state index in [1.165, 1.54) is 31.9 Å². The van der Waals surface area contributed by atoms with E-state index >= 15 is 0 Å². The number of hydrogen-bond donors (Lipinski definition) is 2. The SMILES string of the molecule is CS(=O)(=O)CCCC(NN)C1CC2CCC1C2. The van der Waals surface area contributed by atoms with E-state index in [9.17, 15) is 8.42 Å². The maximum absolute atomic E-state index is 11.1. The van der Waals surface area contributed by atoms with Crippen LogP contribution in [0.1, 0.15) is 38.5 Å². The smallest absolute Gasteiger partial charge is 0.147 e. The Morgan fingerprint density at radius 2 is 2.12 bits per heavy atom. The minimum atomic E-state index is -2.83. The predicted octanol–water partition coefficient (Wildman–Crippen LogP) is 1.08. The average Bonchev–Trinajstić information content (AvgIpc) is 2.84. The van der Waals surface area contributed by atoms with Crippen molar-refractivity contribution in [3.63, 3.8) is 0 Å². The molecule has 4 nitrogen and oxygen atoms in total. The fourth-order valence-electron chi connectivity index (χ4n) is 3.77. The lowest BCUT2D eigenvalue weighted by molar-refractivity contribution is 0.239. The fraction of sp³-hybridized carbons (Fsp3) is 1.00. The van der Waals surface area contributed by atoms with Gasteiger partial charge in [0.25, 0.3) is 0 Å². The van der Waals surface area contributed by atoms with Gasteiger partial charge in [0.15, 0.2) is 0 Å². The summed E-state index contributed by atoms with van der Waals surface area (Å²) < 4.78 is 22.2. The van der Waals surface area contributed by atoms with E-state index in [2.05, 4.69) is 5.43 Å².